The molecule has 0 bridgehead atoms. The van der Waals surface area contributed by atoms with E-state index in [0.29, 0.717) is 29.5 Å². The highest BCUT2D eigenvalue weighted by atomic mass is 32.1. The predicted molar refractivity (Wildman–Crippen MR) is 79.1 cm³/mol. The molecule has 0 saturated carbocycles. The molecule has 0 radical (unpaired) electrons. The largest absolute Gasteiger partial charge is 0.487 e. The molecule has 2 heterocycles. The second-order valence-corrected chi connectivity index (χ2v) is 5.25. The van der Waals surface area contributed by atoms with Crippen LogP contribution in [0, 0.1) is 0 Å². The van der Waals surface area contributed by atoms with Crippen LogP contribution in [-0.2, 0) is 6.61 Å². The highest BCUT2D eigenvalue weighted by Gasteiger charge is 2.08. The molecule has 0 unspecified atom stereocenters. The van der Waals surface area contributed by atoms with Crippen molar-refractivity contribution in [1.82, 2.24) is 4.98 Å². The summed E-state index contributed by atoms with van der Waals surface area (Å²) in [5.74, 6) is 0.770. The molecule has 3 rings (SSSR count). The second-order valence-electron chi connectivity index (χ2n) is 4.30. The van der Waals surface area contributed by atoms with Crippen LogP contribution >= 0.6 is 11.3 Å². The number of thiophene rings is 1. The Balaban J connectivity index is 1.64. The van der Waals surface area contributed by atoms with Crippen LogP contribution in [-0.4, -0.2) is 10.9 Å². The average Bonchev–Trinajstić information content (AvgIpc) is 3.16. The van der Waals surface area contributed by atoms with Gasteiger partial charge in [-0.3, -0.25) is 4.79 Å². The van der Waals surface area contributed by atoms with Crippen molar-refractivity contribution in [2.75, 3.05) is 0 Å². The van der Waals surface area contributed by atoms with E-state index in [-0.39, 0.29) is 0 Å². The predicted octanol–water partition coefficient (Wildman–Crippen LogP) is 3.08. The average molecular weight is 300 g/mol. The molecule has 0 spiro atoms. The monoisotopic (exact) mass is 300 g/mol. The van der Waals surface area contributed by atoms with E-state index in [9.17, 15) is 4.79 Å². The van der Waals surface area contributed by atoms with E-state index in [1.165, 1.54) is 0 Å². The highest BCUT2D eigenvalue weighted by molar-refractivity contribution is 7.13. The van der Waals surface area contributed by atoms with Gasteiger partial charge in [0.15, 0.2) is 0 Å². The molecule has 21 heavy (non-hydrogen) atoms. The van der Waals surface area contributed by atoms with Crippen LogP contribution in [0.2, 0.25) is 0 Å². The van der Waals surface area contributed by atoms with Gasteiger partial charge in [0.25, 0.3) is 0 Å². The number of hydrogen-bond donors (Lipinski definition) is 1. The van der Waals surface area contributed by atoms with E-state index in [2.05, 4.69) is 4.98 Å². The van der Waals surface area contributed by atoms with Crippen molar-refractivity contribution in [1.29, 1.82) is 0 Å². The van der Waals surface area contributed by atoms with E-state index in [1.54, 1.807) is 41.9 Å². The fourth-order valence-corrected chi connectivity index (χ4v) is 2.41. The van der Waals surface area contributed by atoms with Crippen molar-refractivity contribution in [3.8, 4) is 16.5 Å². The Morgan fingerprint density at radius 1 is 1.29 bits per heavy atom. The Kier molecular flexibility index (Phi) is 3.70. The molecule has 0 aliphatic heterocycles. The number of rotatable bonds is 5. The highest BCUT2D eigenvalue weighted by Crippen LogP contribution is 2.24. The molecule has 0 aliphatic carbocycles. The van der Waals surface area contributed by atoms with E-state index in [4.69, 9.17) is 14.9 Å². The molecule has 5 nitrogen and oxygen atoms in total. The lowest BCUT2D eigenvalue weighted by Crippen LogP contribution is -2.10. The summed E-state index contributed by atoms with van der Waals surface area (Å²) in [7, 11) is 0. The number of ether oxygens (including phenoxy) is 1. The quantitative estimate of drug-likeness (QED) is 0.785. The summed E-state index contributed by atoms with van der Waals surface area (Å²) in [6, 6.07) is 10.5. The molecule has 2 aromatic heterocycles. The zero-order valence-electron chi connectivity index (χ0n) is 11.0. The van der Waals surface area contributed by atoms with Gasteiger partial charge in [-0.15, -0.1) is 11.3 Å². The number of nitrogens with zero attached hydrogens (tertiary/aromatic N) is 1. The normalized spacial score (nSPS) is 10.5. The maximum Gasteiger partial charge on any atom is 0.248 e. The van der Waals surface area contributed by atoms with Crippen LogP contribution in [0.1, 0.15) is 16.1 Å². The molecule has 3 aromatic rings. The third-order valence-electron chi connectivity index (χ3n) is 2.81. The Bertz CT molecular complexity index is 733. The van der Waals surface area contributed by atoms with Gasteiger partial charge in [-0.25, -0.2) is 4.98 Å². The summed E-state index contributed by atoms with van der Waals surface area (Å²) in [6.45, 7) is 0.296. The number of benzene rings is 1. The molecule has 0 saturated heterocycles. The lowest BCUT2D eigenvalue weighted by molar-refractivity contribution is 0.1000. The fraction of sp³-hybridized carbons (Fsp3) is 0.0667. The second kappa shape index (κ2) is 5.80. The molecular formula is C15H12N2O3S. The first-order chi connectivity index (χ1) is 10.2. The van der Waals surface area contributed by atoms with Crippen molar-refractivity contribution in [2.45, 2.75) is 6.61 Å². The number of amides is 1. The molecule has 1 amide bonds. The molecule has 2 N–H and O–H groups in total. The molecule has 0 aliphatic rings. The first-order valence-corrected chi connectivity index (χ1v) is 7.11. The summed E-state index contributed by atoms with van der Waals surface area (Å²) in [5.41, 5.74) is 6.33. The topological polar surface area (TPSA) is 78.4 Å². The third kappa shape index (κ3) is 3.11. The van der Waals surface area contributed by atoms with E-state index < -0.39 is 5.91 Å². The molecule has 0 atom stereocenters. The van der Waals surface area contributed by atoms with Crippen LogP contribution in [0.3, 0.4) is 0 Å². The van der Waals surface area contributed by atoms with Crippen molar-refractivity contribution >= 4 is 17.2 Å². The number of hydrogen-bond acceptors (Lipinski definition) is 5. The van der Waals surface area contributed by atoms with E-state index >= 15 is 0 Å². The minimum atomic E-state index is -0.460. The van der Waals surface area contributed by atoms with Crippen LogP contribution in [0.15, 0.2) is 52.5 Å². The Hall–Kier alpha value is -2.60. The van der Waals surface area contributed by atoms with Gasteiger partial charge in [-0.1, -0.05) is 6.07 Å². The molecular weight excluding hydrogens is 288 g/mol. The fourth-order valence-electron chi connectivity index (χ4n) is 1.76. The Morgan fingerprint density at radius 3 is 2.76 bits per heavy atom. The SMILES string of the molecule is NC(=O)c1ccc(OCc2coc(-c3cccs3)n2)cc1. The van der Waals surface area contributed by atoms with Gasteiger partial charge in [0.05, 0.1) is 4.88 Å². The van der Waals surface area contributed by atoms with Gasteiger partial charge in [-0.2, -0.15) is 0 Å². The molecule has 6 heteroatoms. The number of carbonyl (C=O) groups is 1. The maximum absolute atomic E-state index is 11.0. The maximum atomic E-state index is 11.0. The van der Waals surface area contributed by atoms with Gasteiger partial charge in [0.2, 0.25) is 11.8 Å². The summed E-state index contributed by atoms with van der Waals surface area (Å²) < 4.78 is 11.0. The van der Waals surface area contributed by atoms with Crippen LogP contribution in [0.5, 0.6) is 5.75 Å². The summed E-state index contributed by atoms with van der Waals surface area (Å²) >= 11 is 1.57. The van der Waals surface area contributed by atoms with Gasteiger partial charge in [0, 0.05) is 5.56 Å². The van der Waals surface area contributed by atoms with Crippen LogP contribution in [0.25, 0.3) is 10.8 Å². The first kappa shape index (κ1) is 13.4. The van der Waals surface area contributed by atoms with Crippen LogP contribution in [0.4, 0.5) is 0 Å². The number of carbonyl (C=O) groups excluding carboxylic acids is 1. The third-order valence-corrected chi connectivity index (χ3v) is 3.67. The lowest BCUT2D eigenvalue weighted by Gasteiger charge is -2.03. The minimum absolute atomic E-state index is 0.296. The van der Waals surface area contributed by atoms with Gasteiger partial charge in [-0.05, 0) is 35.7 Å². The van der Waals surface area contributed by atoms with Crippen LogP contribution < -0.4 is 10.5 Å². The van der Waals surface area contributed by atoms with E-state index in [0.717, 1.165) is 4.88 Å². The lowest BCUT2D eigenvalue weighted by atomic mass is 10.2. The molecule has 1 aromatic carbocycles. The molecule has 106 valence electrons. The number of aromatic nitrogens is 1. The van der Waals surface area contributed by atoms with Gasteiger partial charge >= 0.3 is 0 Å². The molecule has 0 fully saturated rings. The van der Waals surface area contributed by atoms with Gasteiger partial charge in [0.1, 0.15) is 24.3 Å². The standard InChI is InChI=1S/C15H12N2O3S/c16-14(18)10-3-5-12(6-4-10)19-8-11-9-20-15(17-11)13-2-1-7-21-13/h1-7,9H,8H2,(H2,16,18). The van der Waals surface area contributed by atoms with E-state index in [1.807, 2.05) is 17.5 Å². The van der Waals surface area contributed by atoms with Crippen molar-refractivity contribution in [2.24, 2.45) is 5.73 Å². The number of primary amides is 1. The van der Waals surface area contributed by atoms with Crippen molar-refractivity contribution < 1.29 is 13.9 Å². The Morgan fingerprint density at radius 2 is 2.10 bits per heavy atom. The zero-order valence-corrected chi connectivity index (χ0v) is 11.8. The minimum Gasteiger partial charge on any atom is -0.487 e. The summed E-state index contributed by atoms with van der Waals surface area (Å²) in [4.78, 5) is 16.3. The first-order valence-electron chi connectivity index (χ1n) is 6.23. The van der Waals surface area contributed by atoms with Crippen molar-refractivity contribution in [3.63, 3.8) is 0 Å². The number of oxazole rings is 1. The number of nitrogens with two attached hydrogens (primary N) is 1. The van der Waals surface area contributed by atoms with Gasteiger partial charge < -0.3 is 14.9 Å². The Labute approximate surface area is 125 Å². The summed E-state index contributed by atoms with van der Waals surface area (Å²) in [6.07, 6.45) is 1.58. The zero-order chi connectivity index (χ0) is 14.7. The smallest absolute Gasteiger partial charge is 0.248 e. The van der Waals surface area contributed by atoms with Crippen molar-refractivity contribution in [3.05, 3.63) is 59.3 Å². The summed E-state index contributed by atoms with van der Waals surface area (Å²) in [5, 5.41) is 1.97.